The van der Waals surface area contributed by atoms with Crippen LogP contribution in [0.1, 0.15) is 48.1 Å². The second-order valence-corrected chi connectivity index (χ2v) is 5.08. The van der Waals surface area contributed by atoms with Gasteiger partial charge in [-0.1, -0.05) is 0 Å². The normalized spacial score (nSPS) is 11.6. The number of carboxylic acid groups (broad SMARTS) is 1. The first-order chi connectivity index (χ1) is 7.70. The van der Waals surface area contributed by atoms with Crippen LogP contribution in [0.5, 0.6) is 0 Å². The van der Waals surface area contributed by atoms with Crippen molar-refractivity contribution in [3.8, 4) is 0 Å². The standard InChI is InChI=1S/C13H19NO3/c1-8-6-10(12(15)16)11(9(2)14-8)7-17-13(3,4)5/h6H,7H2,1-5H3,(H,15,16). The van der Waals surface area contributed by atoms with Gasteiger partial charge in [0.05, 0.1) is 17.8 Å². The van der Waals surface area contributed by atoms with Gasteiger partial charge in [0, 0.05) is 17.0 Å². The number of carbonyl (C=O) groups is 1. The minimum absolute atomic E-state index is 0.268. The van der Waals surface area contributed by atoms with E-state index in [4.69, 9.17) is 9.84 Å². The molecule has 0 radical (unpaired) electrons. The van der Waals surface area contributed by atoms with Crippen LogP contribution in [0.2, 0.25) is 0 Å². The van der Waals surface area contributed by atoms with Gasteiger partial charge >= 0.3 is 5.97 Å². The third-order valence-corrected chi connectivity index (χ3v) is 2.34. The number of ether oxygens (including phenoxy) is 1. The van der Waals surface area contributed by atoms with Gasteiger partial charge in [0.25, 0.3) is 0 Å². The van der Waals surface area contributed by atoms with Gasteiger partial charge in [-0.15, -0.1) is 0 Å². The van der Waals surface area contributed by atoms with Crippen LogP contribution in [-0.2, 0) is 11.3 Å². The van der Waals surface area contributed by atoms with E-state index < -0.39 is 5.97 Å². The lowest BCUT2D eigenvalue weighted by Crippen LogP contribution is -2.20. The predicted molar refractivity (Wildman–Crippen MR) is 65.2 cm³/mol. The van der Waals surface area contributed by atoms with Crippen molar-refractivity contribution in [1.29, 1.82) is 0 Å². The highest BCUT2D eigenvalue weighted by Gasteiger charge is 2.17. The van der Waals surface area contributed by atoms with Crippen LogP contribution in [0.4, 0.5) is 0 Å². The molecule has 0 aliphatic heterocycles. The van der Waals surface area contributed by atoms with Gasteiger partial charge in [0.2, 0.25) is 0 Å². The van der Waals surface area contributed by atoms with E-state index in [1.807, 2.05) is 20.8 Å². The SMILES string of the molecule is Cc1cc(C(=O)O)c(COC(C)(C)C)c(C)n1. The highest BCUT2D eigenvalue weighted by molar-refractivity contribution is 5.89. The maximum Gasteiger partial charge on any atom is 0.336 e. The second-order valence-electron chi connectivity index (χ2n) is 5.08. The Bertz CT molecular complexity index is 433. The van der Waals surface area contributed by atoms with E-state index in [2.05, 4.69) is 4.98 Å². The third-order valence-electron chi connectivity index (χ3n) is 2.34. The summed E-state index contributed by atoms with van der Waals surface area (Å²) in [5.74, 6) is -0.939. The van der Waals surface area contributed by atoms with E-state index >= 15 is 0 Å². The van der Waals surface area contributed by atoms with Gasteiger partial charge in [-0.25, -0.2) is 4.79 Å². The van der Waals surface area contributed by atoms with Gasteiger partial charge in [0.1, 0.15) is 0 Å². The molecule has 1 N–H and O–H groups in total. The van der Waals surface area contributed by atoms with Crippen LogP contribution in [0, 0.1) is 13.8 Å². The van der Waals surface area contributed by atoms with Crippen LogP contribution < -0.4 is 0 Å². The summed E-state index contributed by atoms with van der Waals surface area (Å²) >= 11 is 0. The molecule has 0 saturated heterocycles. The zero-order valence-electron chi connectivity index (χ0n) is 11.0. The van der Waals surface area contributed by atoms with Crippen LogP contribution in [0.25, 0.3) is 0 Å². The zero-order chi connectivity index (χ0) is 13.2. The summed E-state index contributed by atoms with van der Waals surface area (Å²) in [7, 11) is 0. The van der Waals surface area contributed by atoms with E-state index in [1.54, 1.807) is 19.9 Å². The number of nitrogens with zero attached hydrogens (tertiary/aromatic N) is 1. The van der Waals surface area contributed by atoms with E-state index in [1.165, 1.54) is 0 Å². The number of hydrogen-bond acceptors (Lipinski definition) is 3. The largest absolute Gasteiger partial charge is 0.478 e. The molecule has 0 aliphatic rings. The molecule has 0 aliphatic carbocycles. The van der Waals surface area contributed by atoms with Crippen LogP contribution >= 0.6 is 0 Å². The molecule has 4 heteroatoms. The Balaban J connectivity index is 3.09. The average Bonchev–Trinajstić information content (AvgIpc) is 2.13. The lowest BCUT2D eigenvalue weighted by molar-refractivity contribution is -0.0157. The monoisotopic (exact) mass is 237 g/mol. The fourth-order valence-electron chi connectivity index (χ4n) is 1.52. The minimum Gasteiger partial charge on any atom is -0.478 e. The molecule has 0 aromatic carbocycles. The Hall–Kier alpha value is -1.42. The number of aromatic nitrogens is 1. The highest BCUT2D eigenvalue weighted by Crippen LogP contribution is 2.18. The molecule has 0 atom stereocenters. The molecule has 1 aromatic rings. The molecule has 0 bridgehead atoms. The van der Waals surface area contributed by atoms with Gasteiger partial charge < -0.3 is 9.84 Å². The number of aryl methyl sites for hydroxylation is 2. The lowest BCUT2D eigenvalue weighted by atomic mass is 10.1. The van der Waals surface area contributed by atoms with E-state index in [9.17, 15) is 4.79 Å². The summed E-state index contributed by atoms with van der Waals surface area (Å²) in [6.45, 7) is 9.66. The lowest BCUT2D eigenvalue weighted by Gasteiger charge is -2.21. The van der Waals surface area contributed by atoms with Crippen molar-refractivity contribution in [2.45, 2.75) is 46.8 Å². The number of hydrogen-bond donors (Lipinski definition) is 1. The summed E-state index contributed by atoms with van der Waals surface area (Å²) in [6.07, 6.45) is 0. The fraction of sp³-hybridized carbons (Fsp3) is 0.538. The summed E-state index contributed by atoms with van der Waals surface area (Å²) in [5, 5.41) is 9.16. The van der Waals surface area contributed by atoms with Crippen molar-refractivity contribution < 1.29 is 14.6 Å². The Labute approximate surface area is 102 Å². The van der Waals surface area contributed by atoms with Crippen molar-refractivity contribution in [2.75, 3.05) is 0 Å². The van der Waals surface area contributed by atoms with Crippen molar-refractivity contribution in [1.82, 2.24) is 4.98 Å². The van der Waals surface area contributed by atoms with Crippen molar-refractivity contribution >= 4 is 5.97 Å². The first-order valence-electron chi connectivity index (χ1n) is 5.55. The van der Waals surface area contributed by atoms with E-state index in [0.29, 0.717) is 17.0 Å². The Kier molecular flexibility index (Phi) is 3.88. The molecule has 1 heterocycles. The molecule has 1 aromatic heterocycles. The average molecular weight is 237 g/mol. The van der Waals surface area contributed by atoms with Crippen LogP contribution in [0.15, 0.2) is 6.07 Å². The number of carboxylic acids is 1. The van der Waals surface area contributed by atoms with Crippen molar-refractivity contribution in [3.05, 3.63) is 28.6 Å². The van der Waals surface area contributed by atoms with Gasteiger partial charge in [-0.2, -0.15) is 0 Å². The van der Waals surface area contributed by atoms with Gasteiger partial charge in [-0.05, 0) is 40.7 Å². The summed E-state index contributed by atoms with van der Waals surface area (Å²) in [6, 6.07) is 1.58. The molecule has 0 fully saturated rings. The smallest absolute Gasteiger partial charge is 0.336 e. The molecule has 0 unspecified atom stereocenters. The van der Waals surface area contributed by atoms with Crippen LogP contribution in [0.3, 0.4) is 0 Å². The Morgan fingerprint density at radius 1 is 1.41 bits per heavy atom. The first kappa shape index (κ1) is 13.6. The number of pyridine rings is 1. The Morgan fingerprint density at radius 3 is 2.47 bits per heavy atom. The Morgan fingerprint density at radius 2 is 2.00 bits per heavy atom. The molecule has 0 saturated carbocycles. The van der Waals surface area contributed by atoms with E-state index in [-0.39, 0.29) is 17.8 Å². The zero-order valence-corrected chi connectivity index (χ0v) is 11.0. The highest BCUT2D eigenvalue weighted by atomic mass is 16.5. The maximum atomic E-state index is 11.2. The molecule has 0 spiro atoms. The fourth-order valence-corrected chi connectivity index (χ4v) is 1.52. The predicted octanol–water partition coefficient (Wildman–Crippen LogP) is 2.71. The topological polar surface area (TPSA) is 59.4 Å². The van der Waals surface area contributed by atoms with Crippen molar-refractivity contribution in [3.63, 3.8) is 0 Å². The molecule has 94 valence electrons. The summed E-state index contributed by atoms with van der Waals surface area (Å²) in [5.41, 5.74) is 2.05. The number of aromatic carboxylic acids is 1. The molecule has 17 heavy (non-hydrogen) atoms. The third kappa shape index (κ3) is 3.82. The van der Waals surface area contributed by atoms with E-state index in [0.717, 1.165) is 0 Å². The van der Waals surface area contributed by atoms with Gasteiger partial charge in [0.15, 0.2) is 0 Å². The molecule has 0 amide bonds. The number of rotatable bonds is 3. The van der Waals surface area contributed by atoms with Crippen LogP contribution in [-0.4, -0.2) is 21.7 Å². The minimum atomic E-state index is -0.939. The molecule has 4 nitrogen and oxygen atoms in total. The maximum absolute atomic E-state index is 11.2. The molecular weight excluding hydrogens is 218 g/mol. The quantitative estimate of drug-likeness (QED) is 0.878. The van der Waals surface area contributed by atoms with Gasteiger partial charge in [-0.3, -0.25) is 4.98 Å². The molecular formula is C13H19NO3. The second kappa shape index (κ2) is 4.84. The summed E-state index contributed by atoms with van der Waals surface area (Å²) in [4.78, 5) is 15.4. The van der Waals surface area contributed by atoms with Crippen molar-refractivity contribution in [2.24, 2.45) is 0 Å². The first-order valence-corrected chi connectivity index (χ1v) is 5.55. The summed E-state index contributed by atoms with van der Waals surface area (Å²) < 4.78 is 5.62. The molecule has 1 rings (SSSR count).